The molecule has 1 amide bonds. The number of aromatic nitrogens is 1. The van der Waals surface area contributed by atoms with Gasteiger partial charge in [0.15, 0.2) is 11.4 Å². The number of alkyl halides is 1. The van der Waals surface area contributed by atoms with E-state index in [1.54, 1.807) is 24.3 Å². The van der Waals surface area contributed by atoms with Gasteiger partial charge in [0, 0.05) is 6.20 Å². The molecule has 0 bridgehead atoms. The van der Waals surface area contributed by atoms with Crippen LogP contribution < -0.4 is 16.0 Å². The number of unbranched alkanes of at least 4 members (excludes halogenated alkanes) is 2. The first-order valence-corrected chi connectivity index (χ1v) is 10.1. The quantitative estimate of drug-likeness (QED) is 0.305. The van der Waals surface area contributed by atoms with Crippen molar-refractivity contribution in [1.82, 2.24) is 10.5 Å². The van der Waals surface area contributed by atoms with E-state index in [2.05, 4.69) is 9.82 Å². The number of carbonyl (C=O) groups is 3. The highest BCUT2D eigenvalue weighted by Gasteiger charge is 2.20. The molecule has 2 rings (SSSR count). The van der Waals surface area contributed by atoms with Gasteiger partial charge in [0.25, 0.3) is 0 Å². The predicted molar refractivity (Wildman–Crippen MR) is 112 cm³/mol. The van der Waals surface area contributed by atoms with Gasteiger partial charge in [-0.3, -0.25) is 4.79 Å². The third-order valence-electron chi connectivity index (χ3n) is 4.28. The molecule has 10 heteroatoms. The minimum atomic E-state index is -0.863. The summed E-state index contributed by atoms with van der Waals surface area (Å²) in [6, 6.07) is 7.90. The van der Waals surface area contributed by atoms with Gasteiger partial charge < -0.3 is 20.0 Å². The van der Waals surface area contributed by atoms with Gasteiger partial charge in [-0.05, 0) is 23.6 Å². The van der Waals surface area contributed by atoms with Crippen LogP contribution in [0.2, 0.25) is 0 Å². The number of benzene rings is 1. The zero-order valence-corrected chi connectivity index (χ0v) is 17.8. The Morgan fingerprint density at radius 1 is 1.12 bits per heavy atom. The van der Waals surface area contributed by atoms with E-state index in [1.807, 2.05) is 12.4 Å². The topological polar surface area (TPSA) is 130 Å². The lowest BCUT2D eigenvalue weighted by molar-refractivity contribution is -0.147. The Balaban J connectivity index is 2.18. The molecular weight excluding hydrogens is 421 g/mol. The van der Waals surface area contributed by atoms with Crippen molar-refractivity contribution < 1.29 is 33.1 Å². The van der Waals surface area contributed by atoms with Crippen molar-refractivity contribution in [2.45, 2.75) is 39.5 Å². The van der Waals surface area contributed by atoms with Crippen molar-refractivity contribution in [3.05, 3.63) is 58.9 Å². The van der Waals surface area contributed by atoms with Crippen LogP contribution in [0.1, 0.15) is 58.2 Å². The molecule has 0 radical (unpaired) electrons. The molecule has 0 atom stereocenters. The summed E-state index contributed by atoms with van der Waals surface area (Å²) < 4.78 is 23.6. The van der Waals surface area contributed by atoms with E-state index >= 15 is 0 Å². The van der Waals surface area contributed by atoms with Gasteiger partial charge in [-0.1, -0.05) is 44.0 Å². The molecule has 0 aliphatic heterocycles. The summed E-state index contributed by atoms with van der Waals surface area (Å²) in [4.78, 5) is 44.4. The maximum absolute atomic E-state index is 12.7. The van der Waals surface area contributed by atoms with Crippen LogP contribution in [-0.4, -0.2) is 36.0 Å². The highest BCUT2D eigenvalue weighted by Crippen LogP contribution is 2.21. The summed E-state index contributed by atoms with van der Waals surface area (Å²) in [6.07, 6.45) is 3.83. The number of nitrogens with one attached hydrogen (secondary N) is 1. The number of carbonyl (C=O) groups excluding carboxylic acids is 3. The summed E-state index contributed by atoms with van der Waals surface area (Å²) in [6.45, 7) is 1.32. The number of rotatable bonds is 11. The zero-order chi connectivity index (χ0) is 23.3. The minimum Gasteiger partial charge on any atom is -0.486 e. The summed E-state index contributed by atoms with van der Waals surface area (Å²) in [5, 5.41) is 0. The largest absolute Gasteiger partial charge is 0.486 e. The number of halogens is 1. The summed E-state index contributed by atoms with van der Waals surface area (Å²) >= 11 is 0. The number of hydrogen-bond acceptors (Lipinski definition) is 8. The first-order valence-electron chi connectivity index (χ1n) is 10.1. The molecule has 0 aliphatic carbocycles. The smallest absolute Gasteiger partial charge is 0.345 e. The fraction of sp³-hybridized carbons (Fsp3) is 0.364. The number of pyridine rings is 1. The summed E-state index contributed by atoms with van der Waals surface area (Å²) in [5.41, 5.74) is 8.17. The first-order chi connectivity index (χ1) is 15.5. The number of hydrogen-bond donors (Lipinski definition) is 2. The Morgan fingerprint density at radius 2 is 1.84 bits per heavy atom. The molecule has 1 aromatic carbocycles. The maximum Gasteiger partial charge on any atom is 0.345 e. The molecule has 0 aliphatic rings. The predicted octanol–water partition coefficient (Wildman–Crippen LogP) is 2.62. The monoisotopic (exact) mass is 447 g/mol. The van der Waals surface area contributed by atoms with E-state index in [4.69, 9.17) is 15.2 Å². The van der Waals surface area contributed by atoms with Crippen LogP contribution in [-0.2, 0) is 27.7 Å². The van der Waals surface area contributed by atoms with Crippen molar-refractivity contribution in [1.29, 1.82) is 0 Å². The molecule has 3 N–H and O–H groups in total. The highest BCUT2D eigenvalue weighted by atomic mass is 19.1. The Kier molecular flexibility index (Phi) is 10.1. The van der Waals surface area contributed by atoms with Gasteiger partial charge in [-0.2, -0.15) is 5.48 Å². The average molecular weight is 447 g/mol. The van der Waals surface area contributed by atoms with E-state index < -0.39 is 31.1 Å². The van der Waals surface area contributed by atoms with Crippen LogP contribution in [0.25, 0.3) is 0 Å². The first kappa shape index (κ1) is 24.7. The van der Waals surface area contributed by atoms with Crippen LogP contribution in [0.15, 0.2) is 36.5 Å². The van der Waals surface area contributed by atoms with Crippen LogP contribution in [0.3, 0.4) is 0 Å². The van der Waals surface area contributed by atoms with Gasteiger partial charge in [0.2, 0.25) is 0 Å². The SMILES string of the molecule is CCCCCOC(=O)c1cnc(C(=O)NOC(=O)CN)c(OCc2ccc(CF)cc2)c1. The molecule has 32 heavy (non-hydrogen) atoms. The van der Waals surface area contributed by atoms with Crippen molar-refractivity contribution in [2.75, 3.05) is 13.2 Å². The molecule has 2 aromatic rings. The van der Waals surface area contributed by atoms with Crippen molar-refractivity contribution in [3.63, 3.8) is 0 Å². The Morgan fingerprint density at radius 3 is 2.50 bits per heavy atom. The molecular formula is C22H26FN3O6. The Hall–Kier alpha value is -3.53. The lowest BCUT2D eigenvalue weighted by Crippen LogP contribution is -2.31. The highest BCUT2D eigenvalue weighted by molar-refractivity contribution is 5.97. The molecule has 1 aromatic heterocycles. The summed E-state index contributed by atoms with van der Waals surface area (Å²) in [5.74, 6) is -2.34. The van der Waals surface area contributed by atoms with E-state index in [-0.39, 0.29) is 30.2 Å². The van der Waals surface area contributed by atoms with Crippen LogP contribution >= 0.6 is 0 Å². The van der Waals surface area contributed by atoms with Gasteiger partial charge in [0.1, 0.15) is 13.3 Å². The standard InChI is InChI=1S/C22H26FN3O6/c1-2-3-4-9-30-22(29)17-10-18(31-14-16-7-5-15(11-23)6-8-16)20(25-13-17)21(28)26-32-19(27)12-24/h5-8,10,13H,2-4,9,11-12,14,24H2,1H3,(H,26,28). The van der Waals surface area contributed by atoms with Crippen LogP contribution in [0.5, 0.6) is 5.75 Å². The number of ether oxygens (including phenoxy) is 2. The molecule has 9 nitrogen and oxygen atoms in total. The lowest BCUT2D eigenvalue weighted by Gasteiger charge is -2.13. The molecule has 0 saturated carbocycles. The fourth-order valence-electron chi connectivity index (χ4n) is 2.52. The van der Waals surface area contributed by atoms with Gasteiger partial charge >= 0.3 is 17.8 Å². The number of esters is 1. The van der Waals surface area contributed by atoms with E-state index in [1.165, 1.54) is 12.3 Å². The minimum absolute atomic E-state index is 0.0200. The Labute approximate surface area is 185 Å². The lowest BCUT2D eigenvalue weighted by atomic mass is 10.1. The maximum atomic E-state index is 12.7. The van der Waals surface area contributed by atoms with Crippen LogP contribution in [0, 0.1) is 0 Å². The van der Waals surface area contributed by atoms with Crippen molar-refractivity contribution >= 4 is 17.8 Å². The van der Waals surface area contributed by atoms with E-state index in [0.29, 0.717) is 11.1 Å². The van der Waals surface area contributed by atoms with Gasteiger partial charge in [-0.25, -0.2) is 19.0 Å². The normalized spacial score (nSPS) is 10.3. The zero-order valence-electron chi connectivity index (χ0n) is 17.8. The van der Waals surface area contributed by atoms with Gasteiger partial charge in [-0.15, -0.1) is 0 Å². The number of hydroxylamine groups is 1. The van der Waals surface area contributed by atoms with Gasteiger partial charge in [0.05, 0.1) is 18.7 Å². The van der Waals surface area contributed by atoms with E-state index in [0.717, 1.165) is 19.3 Å². The summed E-state index contributed by atoms with van der Waals surface area (Å²) in [7, 11) is 0. The van der Waals surface area contributed by atoms with Crippen molar-refractivity contribution in [3.8, 4) is 5.75 Å². The second kappa shape index (κ2) is 13.0. The average Bonchev–Trinajstić information content (AvgIpc) is 2.83. The fourth-order valence-corrected chi connectivity index (χ4v) is 2.52. The third-order valence-corrected chi connectivity index (χ3v) is 4.28. The number of amides is 1. The third kappa shape index (κ3) is 7.62. The molecule has 0 saturated heterocycles. The molecule has 1 heterocycles. The van der Waals surface area contributed by atoms with Crippen molar-refractivity contribution in [2.24, 2.45) is 5.73 Å². The number of nitrogens with two attached hydrogens (primary N) is 1. The Bertz CT molecular complexity index is 920. The second-order valence-corrected chi connectivity index (χ2v) is 6.76. The molecule has 0 fully saturated rings. The van der Waals surface area contributed by atoms with E-state index in [9.17, 15) is 18.8 Å². The second-order valence-electron chi connectivity index (χ2n) is 6.76. The molecule has 0 unspecified atom stereocenters. The number of nitrogens with zero attached hydrogens (tertiary/aromatic N) is 1. The van der Waals surface area contributed by atoms with Crippen LogP contribution in [0.4, 0.5) is 4.39 Å². The molecule has 0 spiro atoms. The molecule has 172 valence electrons.